The predicted octanol–water partition coefficient (Wildman–Crippen LogP) is 1.64. The number of hydrazine groups is 1. The summed E-state index contributed by atoms with van der Waals surface area (Å²) in [4.78, 5) is 12.0. The fourth-order valence-corrected chi connectivity index (χ4v) is 2.46. The third kappa shape index (κ3) is 3.30. The van der Waals surface area contributed by atoms with Crippen LogP contribution < -0.4 is 17.0 Å². The van der Waals surface area contributed by atoms with Crippen molar-refractivity contribution in [3.63, 3.8) is 0 Å². The highest BCUT2D eigenvalue weighted by Gasteiger charge is 2.13. The van der Waals surface area contributed by atoms with Gasteiger partial charge in [0.25, 0.3) is 0 Å². The quantitative estimate of drug-likeness (QED) is 0.252. The Morgan fingerprint density at radius 3 is 2.88 bits per heavy atom. The second kappa shape index (κ2) is 5.98. The van der Waals surface area contributed by atoms with Gasteiger partial charge in [-0.05, 0) is 12.1 Å². The molecule has 4 nitrogen and oxygen atoms in total. The van der Waals surface area contributed by atoms with Gasteiger partial charge in [0.1, 0.15) is 0 Å². The minimum atomic E-state index is -0.196. The van der Waals surface area contributed by atoms with E-state index in [0.717, 1.165) is 4.90 Å². The van der Waals surface area contributed by atoms with Crippen LogP contribution in [0.3, 0.4) is 0 Å². The van der Waals surface area contributed by atoms with Crippen LogP contribution in [0.4, 0.5) is 5.69 Å². The topological polar surface area (TPSA) is 81.1 Å². The number of amides is 1. The van der Waals surface area contributed by atoms with Crippen LogP contribution in [0.25, 0.3) is 0 Å². The zero-order chi connectivity index (χ0) is 12.1. The van der Waals surface area contributed by atoms with Gasteiger partial charge in [-0.25, -0.2) is 5.84 Å². The van der Waals surface area contributed by atoms with Crippen LogP contribution in [0, 0.1) is 5.92 Å². The molecule has 0 aliphatic heterocycles. The molecule has 0 bridgehead atoms. The molecule has 1 atom stereocenters. The number of benzene rings is 1. The molecule has 1 unspecified atom stereocenters. The van der Waals surface area contributed by atoms with Gasteiger partial charge >= 0.3 is 0 Å². The Morgan fingerprint density at radius 1 is 1.62 bits per heavy atom. The van der Waals surface area contributed by atoms with Crippen LogP contribution in [0.15, 0.2) is 23.1 Å². The number of nitrogens with two attached hydrogens (primary N) is 2. The average Bonchev–Trinajstić information content (AvgIpc) is 2.27. The minimum absolute atomic E-state index is 0.189. The Balaban J connectivity index is 2.64. The molecule has 5 N–H and O–H groups in total. The van der Waals surface area contributed by atoms with Gasteiger partial charge in [0.2, 0.25) is 5.91 Å². The molecule has 0 radical (unpaired) electrons. The molecular weight excluding hydrogens is 246 g/mol. The molecule has 0 heterocycles. The van der Waals surface area contributed by atoms with Gasteiger partial charge in [0.15, 0.2) is 0 Å². The Morgan fingerprint density at radius 2 is 2.31 bits per heavy atom. The number of anilines is 1. The van der Waals surface area contributed by atoms with Gasteiger partial charge in [0.05, 0.1) is 5.02 Å². The summed E-state index contributed by atoms with van der Waals surface area (Å²) in [6.07, 6.45) is 0. The Kier molecular flexibility index (Phi) is 4.92. The van der Waals surface area contributed by atoms with Gasteiger partial charge in [0, 0.05) is 22.3 Å². The molecule has 88 valence electrons. The summed E-state index contributed by atoms with van der Waals surface area (Å²) >= 11 is 7.45. The van der Waals surface area contributed by atoms with Crippen LogP contribution in [-0.2, 0) is 4.79 Å². The normalized spacial score (nSPS) is 12.2. The third-order valence-electron chi connectivity index (χ3n) is 2.06. The predicted molar refractivity (Wildman–Crippen MR) is 68.1 cm³/mol. The van der Waals surface area contributed by atoms with Gasteiger partial charge in [-0.3, -0.25) is 10.2 Å². The van der Waals surface area contributed by atoms with E-state index in [-0.39, 0.29) is 11.8 Å². The van der Waals surface area contributed by atoms with E-state index in [1.165, 1.54) is 11.8 Å². The molecule has 1 amide bonds. The number of nitrogen functional groups attached to an aromatic ring is 1. The van der Waals surface area contributed by atoms with Crippen molar-refractivity contribution >= 4 is 35.0 Å². The van der Waals surface area contributed by atoms with E-state index >= 15 is 0 Å². The molecule has 0 aromatic heterocycles. The minimum Gasteiger partial charge on any atom is -0.398 e. The van der Waals surface area contributed by atoms with Crippen molar-refractivity contribution in [2.24, 2.45) is 11.8 Å². The van der Waals surface area contributed by atoms with Crippen molar-refractivity contribution in [1.29, 1.82) is 0 Å². The van der Waals surface area contributed by atoms with Gasteiger partial charge < -0.3 is 5.73 Å². The van der Waals surface area contributed by atoms with E-state index in [9.17, 15) is 4.79 Å². The van der Waals surface area contributed by atoms with E-state index in [0.29, 0.717) is 16.5 Å². The number of halogens is 1. The monoisotopic (exact) mass is 259 g/mol. The highest BCUT2D eigenvalue weighted by atomic mass is 35.5. The molecule has 0 fully saturated rings. The zero-order valence-corrected chi connectivity index (χ0v) is 10.4. The molecule has 16 heavy (non-hydrogen) atoms. The van der Waals surface area contributed by atoms with Crippen molar-refractivity contribution in [2.45, 2.75) is 11.8 Å². The number of carbonyl (C=O) groups excluding carboxylic acids is 1. The second-order valence-corrected chi connectivity index (χ2v) is 4.82. The first-order valence-corrected chi connectivity index (χ1v) is 6.10. The van der Waals surface area contributed by atoms with E-state index < -0.39 is 0 Å². The third-order valence-corrected chi connectivity index (χ3v) is 3.90. The molecule has 6 heteroatoms. The van der Waals surface area contributed by atoms with E-state index in [4.69, 9.17) is 23.2 Å². The molecule has 0 saturated heterocycles. The number of nitrogens with one attached hydrogen (secondary N) is 1. The molecule has 0 saturated carbocycles. The van der Waals surface area contributed by atoms with Crippen LogP contribution in [0.1, 0.15) is 6.92 Å². The number of hydrogen-bond donors (Lipinski definition) is 3. The summed E-state index contributed by atoms with van der Waals surface area (Å²) < 4.78 is 0. The first-order chi connectivity index (χ1) is 7.56. The second-order valence-electron chi connectivity index (χ2n) is 3.38. The maximum atomic E-state index is 11.2. The maximum absolute atomic E-state index is 11.2. The van der Waals surface area contributed by atoms with Gasteiger partial charge in [-0.2, -0.15) is 0 Å². The van der Waals surface area contributed by atoms with Crippen LogP contribution in [0.5, 0.6) is 0 Å². The van der Waals surface area contributed by atoms with Gasteiger partial charge in [-0.15, -0.1) is 11.8 Å². The molecule has 1 aromatic rings. The first-order valence-electron chi connectivity index (χ1n) is 4.73. The van der Waals surface area contributed by atoms with Crippen molar-refractivity contribution in [2.75, 3.05) is 11.5 Å². The maximum Gasteiger partial charge on any atom is 0.237 e. The number of hydrogen-bond acceptors (Lipinski definition) is 4. The SMILES string of the molecule is CC(CSc1c(N)cccc1Cl)C(=O)NN. The number of carbonyl (C=O) groups is 1. The molecule has 0 aliphatic rings. The lowest BCUT2D eigenvalue weighted by atomic mass is 10.2. The molecule has 1 aromatic carbocycles. The number of thioether (sulfide) groups is 1. The number of rotatable bonds is 4. The van der Waals surface area contributed by atoms with Crippen LogP contribution in [-0.4, -0.2) is 11.7 Å². The summed E-state index contributed by atoms with van der Waals surface area (Å²) in [6.45, 7) is 1.79. The fourth-order valence-electron chi connectivity index (χ4n) is 1.10. The Hall–Kier alpha value is -0.910. The molecule has 1 rings (SSSR count). The lowest BCUT2D eigenvalue weighted by molar-refractivity contribution is -0.123. The standard InChI is InChI=1S/C10H14ClN3OS/c1-6(10(15)14-13)5-16-9-7(11)3-2-4-8(9)12/h2-4,6H,5,12-13H2,1H3,(H,14,15). The molecular formula is C10H14ClN3OS. The van der Waals surface area contributed by atoms with E-state index in [1.807, 2.05) is 0 Å². The molecule has 0 spiro atoms. The lowest BCUT2D eigenvalue weighted by Gasteiger charge is -2.11. The Labute approximate surface area is 104 Å². The van der Waals surface area contributed by atoms with Crippen molar-refractivity contribution in [3.8, 4) is 0 Å². The summed E-state index contributed by atoms with van der Waals surface area (Å²) in [5.74, 6) is 5.24. The highest BCUT2D eigenvalue weighted by molar-refractivity contribution is 7.99. The zero-order valence-electron chi connectivity index (χ0n) is 8.87. The lowest BCUT2D eigenvalue weighted by Crippen LogP contribution is -2.35. The molecule has 0 aliphatic carbocycles. The summed E-state index contributed by atoms with van der Waals surface area (Å²) in [5, 5.41) is 0.602. The van der Waals surface area contributed by atoms with Crippen molar-refractivity contribution in [3.05, 3.63) is 23.2 Å². The first kappa shape index (κ1) is 13.2. The van der Waals surface area contributed by atoms with E-state index in [1.54, 1.807) is 25.1 Å². The summed E-state index contributed by atoms with van der Waals surface area (Å²) in [7, 11) is 0. The van der Waals surface area contributed by atoms with Crippen molar-refractivity contribution < 1.29 is 4.79 Å². The fraction of sp³-hybridized carbons (Fsp3) is 0.300. The highest BCUT2D eigenvalue weighted by Crippen LogP contribution is 2.33. The summed E-state index contributed by atoms with van der Waals surface area (Å²) in [6, 6.07) is 5.34. The van der Waals surface area contributed by atoms with Gasteiger partial charge in [-0.1, -0.05) is 24.6 Å². The largest absolute Gasteiger partial charge is 0.398 e. The van der Waals surface area contributed by atoms with Crippen LogP contribution in [0.2, 0.25) is 5.02 Å². The van der Waals surface area contributed by atoms with Crippen molar-refractivity contribution in [1.82, 2.24) is 5.43 Å². The van der Waals surface area contributed by atoms with Crippen LogP contribution >= 0.6 is 23.4 Å². The smallest absolute Gasteiger partial charge is 0.237 e. The average molecular weight is 260 g/mol. The Bertz CT molecular complexity index is 366. The van der Waals surface area contributed by atoms with E-state index in [2.05, 4.69) is 5.43 Å². The summed E-state index contributed by atoms with van der Waals surface area (Å²) in [5.41, 5.74) is 8.52.